The molecule has 2 fully saturated rings. The maximum absolute atomic E-state index is 13.5. The number of hydrogen-bond acceptors (Lipinski definition) is 2. The molecule has 2 saturated heterocycles. The van der Waals surface area contributed by atoms with Crippen LogP contribution in [0.2, 0.25) is 0 Å². The summed E-state index contributed by atoms with van der Waals surface area (Å²) in [6.07, 6.45) is 3.18. The second-order valence-corrected chi connectivity index (χ2v) is 7.58. The lowest BCUT2D eigenvalue weighted by atomic mass is 9.81. The topological polar surface area (TPSA) is 38.3 Å². The first-order chi connectivity index (χ1) is 10.3. The molecule has 2 bridgehead atoms. The zero-order valence-corrected chi connectivity index (χ0v) is 13.4. The van der Waals surface area contributed by atoms with Gasteiger partial charge in [-0.25, -0.2) is 4.39 Å². The van der Waals surface area contributed by atoms with Gasteiger partial charge in [0.25, 0.3) is 0 Å². The van der Waals surface area contributed by atoms with Gasteiger partial charge in [-0.2, -0.15) is 0 Å². The maximum Gasteiger partial charge on any atom is 0.226 e. The van der Waals surface area contributed by atoms with Crippen molar-refractivity contribution in [3.8, 4) is 0 Å². The van der Waals surface area contributed by atoms with Crippen molar-refractivity contribution in [2.45, 2.75) is 58.3 Å². The van der Waals surface area contributed by atoms with Crippen LogP contribution >= 0.6 is 0 Å². The number of halogens is 1. The lowest BCUT2D eigenvalue weighted by molar-refractivity contribution is -0.128. The second-order valence-electron chi connectivity index (χ2n) is 7.58. The average Bonchev–Trinajstić information content (AvgIpc) is 3.05. The molecular formula is C18H24FNO2. The van der Waals surface area contributed by atoms with Crippen LogP contribution in [0.5, 0.6) is 0 Å². The molecule has 22 heavy (non-hydrogen) atoms. The zero-order valence-electron chi connectivity index (χ0n) is 13.4. The Morgan fingerprint density at radius 1 is 1.36 bits per heavy atom. The third-order valence-electron chi connectivity index (χ3n) is 4.78. The SMILES string of the molecule is CC(C)(C)[C@H](NC(=O)[C@@H]1C[C@H]2CC[C@H]1O2)c1cccc(F)c1. The van der Waals surface area contributed by atoms with E-state index in [1.165, 1.54) is 12.1 Å². The molecule has 2 aliphatic heterocycles. The Hall–Kier alpha value is -1.42. The van der Waals surface area contributed by atoms with E-state index in [9.17, 15) is 9.18 Å². The first-order valence-electron chi connectivity index (χ1n) is 8.06. The van der Waals surface area contributed by atoms with Crippen molar-refractivity contribution in [3.05, 3.63) is 35.6 Å². The highest BCUT2D eigenvalue weighted by Gasteiger charge is 2.45. The van der Waals surface area contributed by atoms with Gasteiger partial charge in [0.1, 0.15) is 5.82 Å². The smallest absolute Gasteiger partial charge is 0.226 e. The first-order valence-corrected chi connectivity index (χ1v) is 8.06. The number of nitrogens with one attached hydrogen (secondary N) is 1. The van der Waals surface area contributed by atoms with E-state index in [-0.39, 0.29) is 41.3 Å². The van der Waals surface area contributed by atoms with Gasteiger partial charge in [-0.3, -0.25) is 4.79 Å². The fourth-order valence-corrected chi connectivity index (χ4v) is 3.65. The van der Waals surface area contributed by atoms with Crippen LogP contribution in [-0.4, -0.2) is 18.1 Å². The van der Waals surface area contributed by atoms with E-state index in [1.54, 1.807) is 6.07 Å². The molecule has 120 valence electrons. The van der Waals surface area contributed by atoms with Crippen molar-refractivity contribution in [2.75, 3.05) is 0 Å². The number of hydrogen-bond donors (Lipinski definition) is 1. The van der Waals surface area contributed by atoms with Gasteiger partial charge < -0.3 is 10.1 Å². The van der Waals surface area contributed by atoms with Crippen LogP contribution in [0.4, 0.5) is 4.39 Å². The molecule has 1 aromatic carbocycles. The van der Waals surface area contributed by atoms with Crippen molar-refractivity contribution in [1.82, 2.24) is 5.32 Å². The Balaban J connectivity index is 1.77. The summed E-state index contributed by atoms with van der Waals surface area (Å²) in [6.45, 7) is 6.17. The Bertz CT molecular complexity index is 566. The molecule has 0 unspecified atom stereocenters. The van der Waals surface area contributed by atoms with E-state index in [1.807, 2.05) is 6.07 Å². The van der Waals surface area contributed by atoms with E-state index >= 15 is 0 Å². The van der Waals surface area contributed by atoms with Crippen LogP contribution in [0, 0.1) is 17.2 Å². The number of rotatable bonds is 3. The molecule has 0 aromatic heterocycles. The Morgan fingerprint density at radius 3 is 2.68 bits per heavy atom. The van der Waals surface area contributed by atoms with Crippen LogP contribution in [0.1, 0.15) is 51.6 Å². The van der Waals surface area contributed by atoms with Gasteiger partial charge in [-0.05, 0) is 42.4 Å². The number of benzene rings is 1. The van der Waals surface area contributed by atoms with E-state index in [2.05, 4.69) is 26.1 Å². The van der Waals surface area contributed by atoms with Gasteiger partial charge in [0, 0.05) is 0 Å². The summed E-state index contributed by atoms with van der Waals surface area (Å²) in [7, 11) is 0. The molecule has 4 atom stereocenters. The molecule has 1 N–H and O–H groups in total. The van der Waals surface area contributed by atoms with Gasteiger partial charge in [-0.15, -0.1) is 0 Å². The monoisotopic (exact) mass is 305 g/mol. The quantitative estimate of drug-likeness (QED) is 0.926. The van der Waals surface area contributed by atoms with Crippen molar-refractivity contribution in [3.63, 3.8) is 0 Å². The summed E-state index contributed by atoms with van der Waals surface area (Å²) in [5.41, 5.74) is 0.618. The molecular weight excluding hydrogens is 281 g/mol. The normalized spacial score (nSPS) is 28.6. The minimum atomic E-state index is -0.274. The molecule has 0 saturated carbocycles. The van der Waals surface area contributed by atoms with Gasteiger partial charge in [0.15, 0.2) is 0 Å². The third kappa shape index (κ3) is 3.02. The fourth-order valence-electron chi connectivity index (χ4n) is 3.65. The van der Waals surface area contributed by atoms with E-state index in [0.29, 0.717) is 0 Å². The third-order valence-corrected chi connectivity index (χ3v) is 4.78. The standard InChI is InChI=1S/C18H24FNO2/c1-18(2,3)16(11-5-4-6-12(19)9-11)20-17(21)14-10-13-7-8-15(14)22-13/h4-6,9,13-16H,7-8,10H2,1-3H3,(H,20,21)/t13-,14-,15-,16-/m1/s1. The number of ether oxygens (including phenoxy) is 1. The van der Waals surface area contributed by atoms with Crippen LogP contribution in [0.15, 0.2) is 24.3 Å². The fraction of sp³-hybridized carbons (Fsp3) is 0.611. The van der Waals surface area contributed by atoms with Gasteiger partial charge >= 0.3 is 0 Å². The van der Waals surface area contributed by atoms with Crippen molar-refractivity contribution in [1.29, 1.82) is 0 Å². The summed E-state index contributed by atoms with van der Waals surface area (Å²) >= 11 is 0. The maximum atomic E-state index is 13.5. The molecule has 4 heteroatoms. The summed E-state index contributed by atoms with van der Waals surface area (Å²) in [5.74, 6) is -0.294. The summed E-state index contributed by atoms with van der Waals surface area (Å²) in [5, 5.41) is 3.14. The van der Waals surface area contributed by atoms with Crippen LogP contribution in [0.25, 0.3) is 0 Å². The molecule has 1 aromatic rings. The highest BCUT2D eigenvalue weighted by Crippen LogP contribution is 2.40. The summed E-state index contributed by atoms with van der Waals surface area (Å²) < 4.78 is 19.3. The largest absolute Gasteiger partial charge is 0.374 e. The second kappa shape index (κ2) is 5.65. The van der Waals surface area contributed by atoms with E-state index in [0.717, 1.165) is 24.8 Å². The summed E-state index contributed by atoms with van der Waals surface area (Å²) in [4.78, 5) is 12.7. The molecule has 0 radical (unpaired) electrons. The van der Waals surface area contributed by atoms with Crippen molar-refractivity contribution < 1.29 is 13.9 Å². The Labute approximate surface area is 131 Å². The van der Waals surface area contributed by atoms with Crippen LogP contribution < -0.4 is 5.32 Å². The van der Waals surface area contributed by atoms with Crippen molar-refractivity contribution >= 4 is 5.91 Å². The first kappa shape index (κ1) is 15.5. The van der Waals surface area contributed by atoms with Crippen molar-refractivity contribution in [2.24, 2.45) is 11.3 Å². The average molecular weight is 305 g/mol. The molecule has 3 rings (SSSR count). The highest BCUT2D eigenvalue weighted by molar-refractivity contribution is 5.80. The van der Waals surface area contributed by atoms with E-state index < -0.39 is 0 Å². The zero-order chi connectivity index (χ0) is 15.9. The van der Waals surface area contributed by atoms with Crippen LogP contribution in [0.3, 0.4) is 0 Å². The number of fused-ring (bicyclic) bond motifs is 2. The molecule has 1 amide bonds. The van der Waals surface area contributed by atoms with Gasteiger partial charge in [-0.1, -0.05) is 32.9 Å². The Morgan fingerprint density at radius 2 is 2.14 bits per heavy atom. The lowest BCUT2D eigenvalue weighted by Crippen LogP contribution is -2.42. The predicted molar refractivity (Wildman–Crippen MR) is 82.7 cm³/mol. The minimum absolute atomic E-state index is 0.0383. The predicted octanol–water partition coefficient (Wildman–Crippen LogP) is 3.60. The molecule has 2 aliphatic rings. The van der Waals surface area contributed by atoms with Crippen LogP contribution in [-0.2, 0) is 9.53 Å². The number of amides is 1. The van der Waals surface area contributed by atoms with Gasteiger partial charge in [0.05, 0.1) is 24.2 Å². The van der Waals surface area contributed by atoms with Gasteiger partial charge in [0.2, 0.25) is 5.91 Å². The molecule has 3 nitrogen and oxygen atoms in total. The lowest BCUT2D eigenvalue weighted by Gasteiger charge is -2.33. The minimum Gasteiger partial charge on any atom is -0.374 e. The van der Waals surface area contributed by atoms with E-state index in [4.69, 9.17) is 4.74 Å². The number of carbonyl (C=O) groups is 1. The summed E-state index contributed by atoms with van der Waals surface area (Å²) in [6, 6.07) is 6.28. The highest BCUT2D eigenvalue weighted by atomic mass is 19.1. The molecule has 0 aliphatic carbocycles. The molecule has 0 spiro atoms. The Kier molecular flexibility index (Phi) is 3.98. The number of carbonyl (C=O) groups excluding carboxylic acids is 1. The molecule has 2 heterocycles.